The number of nitrogens with one attached hydrogen (secondary N) is 3. The SMILES string of the molecule is CNc1ccc(C(=O)NCC(=O)Nc2ccc(F)c(F)c2F)cc1[N+](=O)[O-]. The van der Waals surface area contributed by atoms with E-state index in [1.54, 1.807) is 0 Å². The average Bonchev–Trinajstić information content (AvgIpc) is 2.65. The van der Waals surface area contributed by atoms with E-state index in [9.17, 15) is 32.9 Å². The van der Waals surface area contributed by atoms with Crippen LogP contribution in [-0.4, -0.2) is 30.3 Å². The molecule has 0 aliphatic carbocycles. The van der Waals surface area contributed by atoms with Crippen molar-refractivity contribution >= 4 is 28.9 Å². The molecule has 0 radical (unpaired) electrons. The third kappa shape index (κ3) is 4.51. The molecule has 2 rings (SSSR count). The van der Waals surface area contributed by atoms with Gasteiger partial charge in [-0.1, -0.05) is 0 Å². The maximum atomic E-state index is 13.5. The number of carbonyl (C=O) groups is 2. The maximum Gasteiger partial charge on any atom is 0.293 e. The fourth-order valence-corrected chi connectivity index (χ4v) is 2.11. The molecule has 0 saturated carbocycles. The smallest absolute Gasteiger partial charge is 0.293 e. The molecule has 0 heterocycles. The molecule has 27 heavy (non-hydrogen) atoms. The zero-order valence-electron chi connectivity index (χ0n) is 13.8. The number of rotatable bonds is 6. The van der Waals surface area contributed by atoms with E-state index < -0.39 is 46.4 Å². The summed E-state index contributed by atoms with van der Waals surface area (Å²) in [7, 11) is 1.48. The average molecular weight is 382 g/mol. The molecular weight excluding hydrogens is 369 g/mol. The molecule has 142 valence electrons. The van der Waals surface area contributed by atoms with E-state index in [0.717, 1.165) is 12.1 Å². The molecule has 0 saturated heterocycles. The molecule has 3 N–H and O–H groups in total. The van der Waals surface area contributed by atoms with Crippen molar-refractivity contribution in [3.63, 3.8) is 0 Å². The molecule has 0 aliphatic rings. The van der Waals surface area contributed by atoms with Gasteiger partial charge in [0.15, 0.2) is 17.5 Å². The first-order valence-corrected chi connectivity index (χ1v) is 7.42. The maximum absolute atomic E-state index is 13.5. The van der Waals surface area contributed by atoms with Gasteiger partial charge < -0.3 is 16.0 Å². The number of hydrogen-bond donors (Lipinski definition) is 3. The molecule has 0 unspecified atom stereocenters. The first kappa shape index (κ1) is 19.7. The summed E-state index contributed by atoms with van der Waals surface area (Å²) in [6, 6.07) is 5.11. The quantitative estimate of drug-likeness (QED) is 0.403. The van der Waals surface area contributed by atoms with Crippen molar-refractivity contribution in [3.05, 3.63) is 63.5 Å². The first-order valence-electron chi connectivity index (χ1n) is 7.42. The number of nitro groups is 1. The number of nitrogens with zero attached hydrogens (tertiary/aromatic N) is 1. The zero-order valence-corrected chi connectivity index (χ0v) is 13.8. The zero-order chi connectivity index (χ0) is 20.1. The van der Waals surface area contributed by atoms with Gasteiger partial charge in [-0.15, -0.1) is 0 Å². The van der Waals surface area contributed by atoms with Crippen molar-refractivity contribution in [2.75, 3.05) is 24.2 Å². The minimum absolute atomic E-state index is 0.0764. The molecule has 0 bridgehead atoms. The van der Waals surface area contributed by atoms with Crippen LogP contribution in [0.25, 0.3) is 0 Å². The lowest BCUT2D eigenvalue weighted by molar-refractivity contribution is -0.384. The highest BCUT2D eigenvalue weighted by molar-refractivity contribution is 6.00. The second kappa shape index (κ2) is 8.17. The lowest BCUT2D eigenvalue weighted by atomic mass is 10.1. The Morgan fingerprint density at radius 3 is 2.37 bits per heavy atom. The minimum Gasteiger partial charge on any atom is -0.383 e. The first-order chi connectivity index (χ1) is 12.7. The van der Waals surface area contributed by atoms with Crippen molar-refractivity contribution in [1.29, 1.82) is 0 Å². The highest BCUT2D eigenvalue weighted by Crippen LogP contribution is 2.25. The third-order valence-electron chi connectivity index (χ3n) is 3.44. The summed E-state index contributed by atoms with van der Waals surface area (Å²) in [6.45, 7) is -0.626. The summed E-state index contributed by atoms with van der Waals surface area (Å²) in [4.78, 5) is 34.1. The van der Waals surface area contributed by atoms with Crippen LogP contribution in [0.4, 0.5) is 30.2 Å². The Bertz CT molecular complexity index is 921. The standard InChI is InChI=1S/C16H13F3N4O4/c1-20-10-4-2-8(6-12(10)23(26)27)16(25)21-7-13(24)22-11-5-3-9(17)14(18)15(11)19/h2-6,20H,7H2,1H3,(H,21,25)(H,22,24). The van der Waals surface area contributed by atoms with Crippen LogP contribution in [0, 0.1) is 27.6 Å². The van der Waals surface area contributed by atoms with E-state index in [1.165, 1.54) is 19.2 Å². The highest BCUT2D eigenvalue weighted by atomic mass is 19.2. The van der Waals surface area contributed by atoms with E-state index in [1.807, 2.05) is 5.32 Å². The van der Waals surface area contributed by atoms with E-state index in [4.69, 9.17) is 0 Å². The van der Waals surface area contributed by atoms with Gasteiger partial charge in [-0.2, -0.15) is 0 Å². The fraction of sp³-hybridized carbons (Fsp3) is 0.125. The van der Waals surface area contributed by atoms with Crippen molar-refractivity contribution in [1.82, 2.24) is 5.32 Å². The number of hydrogen-bond acceptors (Lipinski definition) is 5. The number of halogens is 3. The van der Waals surface area contributed by atoms with Gasteiger partial charge in [0.2, 0.25) is 5.91 Å². The number of nitro benzene ring substituents is 1. The Morgan fingerprint density at radius 1 is 1.07 bits per heavy atom. The van der Waals surface area contributed by atoms with Gasteiger partial charge in [0, 0.05) is 18.7 Å². The van der Waals surface area contributed by atoms with Crippen LogP contribution in [0.3, 0.4) is 0 Å². The molecule has 0 aromatic heterocycles. The molecule has 2 amide bonds. The Kier molecular flexibility index (Phi) is 5.96. The number of amides is 2. The Morgan fingerprint density at radius 2 is 1.74 bits per heavy atom. The largest absolute Gasteiger partial charge is 0.383 e. The Hall–Kier alpha value is -3.63. The van der Waals surface area contributed by atoms with Crippen molar-refractivity contribution in [3.8, 4) is 0 Å². The molecule has 8 nitrogen and oxygen atoms in total. The van der Waals surface area contributed by atoms with Gasteiger partial charge in [-0.05, 0) is 24.3 Å². The molecule has 2 aromatic carbocycles. The van der Waals surface area contributed by atoms with Crippen LogP contribution >= 0.6 is 0 Å². The molecule has 0 atom stereocenters. The Balaban J connectivity index is 2.03. The van der Waals surface area contributed by atoms with E-state index >= 15 is 0 Å². The van der Waals surface area contributed by atoms with E-state index in [2.05, 4.69) is 10.6 Å². The van der Waals surface area contributed by atoms with Crippen LogP contribution < -0.4 is 16.0 Å². The van der Waals surface area contributed by atoms with Crippen molar-refractivity contribution < 1.29 is 27.7 Å². The van der Waals surface area contributed by atoms with Gasteiger partial charge in [0.1, 0.15) is 5.69 Å². The van der Waals surface area contributed by atoms with Crippen LogP contribution in [0.15, 0.2) is 30.3 Å². The molecule has 0 aliphatic heterocycles. The molecule has 2 aromatic rings. The summed E-state index contributed by atoms with van der Waals surface area (Å²) in [5, 5.41) is 17.8. The third-order valence-corrected chi connectivity index (χ3v) is 3.44. The summed E-state index contributed by atoms with van der Waals surface area (Å²) in [6.07, 6.45) is 0. The second-order valence-corrected chi connectivity index (χ2v) is 5.19. The summed E-state index contributed by atoms with van der Waals surface area (Å²) < 4.78 is 39.4. The molecule has 11 heteroatoms. The predicted molar refractivity (Wildman–Crippen MR) is 89.9 cm³/mol. The van der Waals surface area contributed by atoms with E-state index in [0.29, 0.717) is 6.07 Å². The number of anilines is 2. The predicted octanol–water partition coefficient (Wildman–Crippen LogP) is 2.42. The molecular formula is C16H13F3N4O4. The molecule has 0 fully saturated rings. The van der Waals surface area contributed by atoms with Crippen molar-refractivity contribution in [2.45, 2.75) is 0 Å². The fourth-order valence-electron chi connectivity index (χ4n) is 2.11. The Labute approximate surface area is 150 Å². The van der Waals surface area contributed by atoms with Gasteiger partial charge in [-0.3, -0.25) is 19.7 Å². The second-order valence-electron chi connectivity index (χ2n) is 5.19. The summed E-state index contributed by atoms with van der Waals surface area (Å²) in [5.74, 6) is -6.43. The minimum atomic E-state index is -1.74. The highest BCUT2D eigenvalue weighted by Gasteiger charge is 2.18. The van der Waals surface area contributed by atoms with Crippen LogP contribution in [0.1, 0.15) is 10.4 Å². The monoisotopic (exact) mass is 382 g/mol. The summed E-state index contributed by atoms with van der Waals surface area (Å²) in [5.41, 5.74) is -0.809. The van der Waals surface area contributed by atoms with Gasteiger partial charge in [0.25, 0.3) is 11.6 Å². The van der Waals surface area contributed by atoms with Crippen LogP contribution in [-0.2, 0) is 4.79 Å². The lowest BCUT2D eigenvalue weighted by Gasteiger charge is -2.09. The summed E-state index contributed by atoms with van der Waals surface area (Å²) >= 11 is 0. The molecule has 0 spiro atoms. The number of carbonyl (C=O) groups excluding carboxylic acids is 2. The van der Waals surface area contributed by atoms with E-state index in [-0.39, 0.29) is 16.9 Å². The van der Waals surface area contributed by atoms with Crippen LogP contribution in [0.2, 0.25) is 0 Å². The van der Waals surface area contributed by atoms with Gasteiger partial charge in [0.05, 0.1) is 17.2 Å². The van der Waals surface area contributed by atoms with Crippen molar-refractivity contribution in [2.24, 2.45) is 0 Å². The van der Waals surface area contributed by atoms with Gasteiger partial charge in [-0.25, -0.2) is 13.2 Å². The topological polar surface area (TPSA) is 113 Å². The number of benzene rings is 2. The van der Waals surface area contributed by atoms with Gasteiger partial charge >= 0.3 is 0 Å². The lowest BCUT2D eigenvalue weighted by Crippen LogP contribution is -2.33. The normalized spacial score (nSPS) is 10.2. The van der Waals surface area contributed by atoms with Crippen LogP contribution in [0.5, 0.6) is 0 Å².